The Bertz CT molecular complexity index is 725. The van der Waals surface area contributed by atoms with Crippen LogP contribution in [-0.4, -0.2) is 26.6 Å². The summed E-state index contributed by atoms with van der Waals surface area (Å²) in [5.74, 6) is -0.280. The van der Waals surface area contributed by atoms with Crippen molar-refractivity contribution in [1.29, 1.82) is 0 Å². The molecule has 0 aliphatic rings. The molecule has 0 fully saturated rings. The Labute approximate surface area is 114 Å². The van der Waals surface area contributed by atoms with Crippen LogP contribution >= 0.6 is 0 Å². The molecule has 1 aromatic heterocycles. The zero-order valence-corrected chi connectivity index (χ0v) is 11.2. The number of sulfonamides is 1. The van der Waals surface area contributed by atoms with E-state index in [9.17, 15) is 13.2 Å². The third-order valence-electron chi connectivity index (χ3n) is 2.42. The average molecular weight is 297 g/mol. The zero-order chi connectivity index (χ0) is 14.8. The number of hydrogen-bond donors (Lipinski definition) is 2. The molecule has 0 spiro atoms. The van der Waals surface area contributed by atoms with Crippen molar-refractivity contribution in [1.82, 2.24) is 5.16 Å². The number of amides is 1. The minimum Gasteiger partial charge on any atom is -0.495 e. The van der Waals surface area contributed by atoms with Crippen molar-refractivity contribution >= 4 is 21.6 Å². The lowest BCUT2D eigenvalue weighted by molar-refractivity contribution is 0.101. The number of nitrogens with two attached hydrogens (primary N) is 1. The summed E-state index contributed by atoms with van der Waals surface area (Å²) in [5.41, 5.74) is 0.208. The van der Waals surface area contributed by atoms with Crippen LogP contribution in [0.15, 0.2) is 39.9 Å². The lowest BCUT2D eigenvalue weighted by atomic mass is 10.2. The molecule has 0 aliphatic heterocycles. The van der Waals surface area contributed by atoms with E-state index in [-0.39, 0.29) is 22.0 Å². The van der Waals surface area contributed by atoms with Gasteiger partial charge in [0.05, 0.1) is 17.7 Å². The molecule has 0 atom stereocenters. The number of nitrogens with one attached hydrogen (secondary N) is 1. The van der Waals surface area contributed by atoms with E-state index in [0.717, 1.165) is 0 Å². The Kier molecular flexibility index (Phi) is 3.72. The summed E-state index contributed by atoms with van der Waals surface area (Å²) in [6.45, 7) is 0. The van der Waals surface area contributed by atoms with Crippen molar-refractivity contribution < 1.29 is 22.5 Å². The second-order valence-corrected chi connectivity index (χ2v) is 5.31. The van der Waals surface area contributed by atoms with E-state index in [1.54, 1.807) is 0 Å². The largest absolute Gasteiger partial charge is 0.495 e. The maximum absolute atomic E-state index is 11.8. The van der Waals surface area contributed by atoms with Crippen LogP contribution in [0, 0.1) is 0 Å². The lowest BCUT2D eigenvalue weighted by Gasteiger charge is -2.10. The number of hydrogen-bond acceptors (Lipinski definition) is 6. The summed E-state index contributed by atoms with van der Waals surface area (Å²) >= 11 is 0. The molecule has 0 unspecified atom stereocenters. The van der Waals surface area contributed by atoms with E-state index in [1.807, 2.05) is 0 Å². The molecule has 0 saturated heterocycles. The highest BCUT2D eigenvalue weighted by Crippen LogP contribution is 2.27. The Hall–Kier alpha value is -2.39. The molecule has 0 aliphatic carbocycles. The SMILES string of the molecule is COc1ccc(S(N)(=O)=O)cc1NC(=O)c1ccon1. The van der Waals surface area contributed by atoms with Gasteiger partial charge in [-0.2, -0.15) is 0 Å². The molecule has 8 nitrogen and oxygen atoms in total. The number of ether oxygens (including phenoxy) is 1. The van der Waals surface area contributed by atoms with Gasteiger partial charge < -0.3 is 14.6 Å². The summed E-state index contributed by atoms with van der Waals surface area (Å²) in [5, 5.41) is 11.0. The molecule has 20 heavy (non-hydrogen) atoms. The van der Waals surface area contributed by atoms with Gasteiger partial charge in [-0.3, -0.25) is 4.79 Å². The summed E-state index contributed by atoms with van der Waals surface area (Å²) < 4.78 is 32.2. The number of primary sulfonamides is 1. The topological polar surface area (TPSA) is 125 Å². The first-order valence-electron chi connectivity index (χ1n) is 5.34. The second-order valence-electron chi connectivity index (χ2n) is 3.75. The maximum Gasteiger partial charge on any atom is 0.277 e. The first-order chi connectivity index (χ1) is 9.41. The first-order valence-corrected chi connectivity index (χ1v) is 6.89. The van der Waals surface area contributed by atoms with Gasteiger partial charge in [0.15, 0.2) is 5.69 Å². The molecule has 0 saturated carbocycles. The molecular weight excluding hydrogens is 286 g/mol. The van der Waals surface area contributed by atoms with Crippen LogP contribution in [-0.2, 0) is 10.0 Å². The number of rotatable bonds is 4. The molecule has 0 bridgehead atoms. The van der Waals surface area contributed by atoms with E-state index >= 15 is 0 Å². The standard InChI is InChI=1S/C11H11N3O5S/c1-18-10-3-2-7(20(12,16)17)6-9(10)13-11(15)8-4-5-19-14-8/h2-6H,1H3,(H,13,15)(H2,12,16,17). The van der Waals surface area contributed by atoms with Crippen LogP contribution in [0.4, 0.5) is 5.69 Å². The van der Waals surface area contributed by atoms with Gasteiger partial charge in [-0.1, -0.05) is 5.16 Å². The number of anilines is 1. The van der Waals surface area contributed by atoms with Gasteiger partial charge in [0.1, 0.15) is 12.0 Å². The van der Waals surface area contributed by atoms with Crippen LogP contribution in [0.3, 0.4) is 0 Å². The van der Waals surface area contributed by atoms with Crippen molar-refractivity contribution in [3.8, 4) is 5.75 Å². The van der Waals surface area contributed by atoms with Crippen LogP contribution in [0.2, 0.25) is 0 Å². The fourth-order valence-electron chi connectivity index (χ4n) is 1.48. The molecule has 1 aromatic carbocycles. The highest BCUT2D eigenvalue weighted by molar-refractivity contribution is 7.89. The summed E-state index contributed by atoms with van der Waals surface area (Å²) in [6.07, 6.45) is 1.24. The predicted octanol–water partition coefficient (Wildman–Crippen LogP) is 0.583. The molecule has 2 aromatic rings. The summed E-state index contributed by atoms with van der Waals surface area (Å²) in [4.78, 5) is 11.7. The van der Waals surface area contributed by atoms with Crippen molar-refractivity contribution in [2.24, 2.45) is 5.14 Å². The summed E-state index contributed by atoms with van der Waals surface area (Å²) in [6, 6.07) is 5.23. The predicted molar refractivity (Wildman–Crippen MR) is 68.8 cm³/mol. The molecular formula is C11H11N3O5S. The number of methoxy groups -OCH3 is 1. The van der Waals surface area contributed by atoms with Crippen molar-refractivity contribution in [3.63, 3.8) is 0 Å². The normalized spacial score (nSPS) is 11.1. The fourth-order valence-corrected chi connectivity index (χ4v) is 2.02. The van der Waals surface area contributed by atoms with Crippen LogP contribution in [0.25, 0.3) is 0 Å². The minimum atomic E-state index is -3.88. The van der Waals surface area contributed by atoms with Gasteiger partial charge in [-0.15, -0.1) is 0 Å². The number of nitrogens with zero attached hydrogens (tertiary/aromatic N) is 1. The highest BCUT2D eigenvalue weighted by atomic mass is 32.2. The van der Waals surface area contributed by atoms with E-state index in [4.69, 9.17) is 9.88 Å². The van der Waals surface area contributed by atoms with E-state index in [2.05, 4.69) is 15.0 Å². The van der Waals surface area contributed by atoms with E-state index in [1.165, 1.54) is 37.6 Å². The third-order valence-corrected chi connectivity index (χ3v) is 3.33. The van der Waals surface area contributed by atoms with Crippen LogP contribution < -0.4 is 15.2 Å². The maximum atomic E-state index is 11.8. The Balaban J connectivity index is 2.37. The smallest absolute Gasteiger partial charge is 0.277 e. The molecule has 1 amide bonds. The number of carbonyl (C=O) groups excluding carboxylic acids is 1. The lowest BCUT2D eigenvalue weighted by Crippen LogP contribution is -2.15. The van der Waals surface area contributed by atoms with Gasteiger partial charge in [0.2, 0.25) is 10.0 Å². The quantitative estimate of drug-likeness (QED) is 0.850. The molecule has 106 valence electrons. The van der Waals surface area contributed by atoms with Crippen LogP contribution in [0.5, 0.6) is 5.75 Å². The monoisotopic (exact) mass is 297 g/mol. The van der Waals surface area contributed by atoms with Gasteiger partial charge in [0, 0.05) is 6.07 Å². The zero-order valence-electron chi connectivity index (χ0n) is 10.4. The van der Waals surface area contributed by atoms with Gasteiger partial charge in [-0.25, -0.2) is 13.6 Å². The highest BCUT2D eigenvalue weighted by Gasteiger charge is 2.16. The number of carbonyl (C=O) groups is 1. The van der Waals surface area contributed by atoms with E-state index < -0.39 is 15.9 Å². The Morgan fingerprint density at radius 2 is 2.15 bits per heavy atom. The van der Waals surface area contributed by atoms with Crippen molar-refractivity contribution in [2.45, 2.75) is 4.90 Å². The van der Waals surface area contributed by atoms with Crippen LogP contribution in [0.1, 0.15) is 10.5 Å². The van der Waals surface area contributed by atoms with Gasteiger partial charge in [0.25, 0.3) is 5.91 Å². The molecule has 0 radical (unpaired) electrons. The summed E-state index contributed by atoms with van der Waals surface area (Å²) in [7, 11) is -2.49. The second kappa shape index (κ2) is 5.31. The van der Waals surface area contributed by atoms with Crippen molar-refractivity contribution in [3.05, 3.63) is 36.2 Å². The first kappa shape index (κ1) is 14.0. The molecule has 2 rings (SSSR count). The minimum absolute atomic E-state index is 0.0491. The molecule has 3 N–H and O–H groups in total. The number of benzene rings is 1. The fraction of sp³-hybridized carbons (Fsp3) is 0.0909. The van der Waals surface area contributed by atoms with E-state index in [0.29, 0.717) is 0 Å². The third kappa shape index (κ3) is 2.95. The molecule has 9 heteroatoms. The molecule has 1 heterocycles. The van der Waals surface area contributed by atoms with Crippen molar-refractivity contribution in [2.75, 3.05) is 12.4 Å². The Morgan fingerprint density at radius 3 is 2.70 bits per heavy atom. The average Bonchev–Trinajstić information content (AvgIpc) is 2.91. The van der Waals surface area contributed by atoms with Gasteiger partial charge >= 0.3 is 0 Å². The van der Waals surface area contributed by atoms with Gasteiger partial charge in [-0.05, 0) is 18.2 Å². The Morgan fingerprint density at radius 1 is 1.40 bits per heavy atom. The number of aromatic nitrogens is 1.